The van der Waals surface area contributed by atoms with Crippen molar-refractivity contribution in [1.82, 2.24) is 15.0 Å². The summed E-state index contributed by atoms with van der Waals surface area (Å²) in [5, 5.41) is 7.76. The number of nitrogens with zero attached hydrogens (tertiary/aromatic N) is 3. The van der Waals surface area contributed by atoms with Crippen LogP contribution in [0, 0.1) is 5.92 Å². The Morgan fingerprint density at radius 1 is 1.33 bits per heavy atom. The fourth-order valence-electron chi connectivity index (χ4n) is 2.91. The van der Waals surface area contributed by atoms with E-state index in [1.807, 2.05) is 22.9 Å². The summed E-state index contributed by atoms with van der Waals surface area (Å²) >= 11 is 3.50. The molecule has 0 fully saturated rings. The maximum Gasteiger partial charge on any atom is 0.138 e. The highest BCUT2D eigenvalue weighted by Crippen LogP contribution is 2.39. The Hall–Kier alpha value is -1.53. The standard InChI is InChI=1S/C15H16N4S2/c1-9-2-3-10-11(6-9)21-15-13(10)14(18-8-19-15)17-7-12-16-4-5-20-12/h4-5,8-9H,2-3,6-7H2,1H3,(H,17,18,19). The minimum absolute atomic E-state index is 0.727. The van der Waals surface area contributed by atoms with Crippen LogP contribution in [0.4, 0.5) is 5.82 Å². The highest BCUT2D eigenvalue weighted by Gasteiger charge is 2.22. The van der Waals surface area contributed by atoms with Crippen LogP contribution in [0.15, 0.2) is 17.9 Å². The van der Waals surface area contributed by atoms with E-state index in [0.29, 0.717) is 0 Å². The van der Waals surface area contributed by atoms with Crippen molar-refractivity contribution in [2.45, 2.75) is 32.7 Å². The number of rotatable bonds is 3. The van der Waals surface area contributed by atoms with Gasteiger partial charge in [-0.15, -0.1) is 22.7 Å². The Kier molecular flexibility index (Phi) is 3.35. The van der Waals surface area contributed by atoms with Crippen LogP contribution in [0.5, 0.6) is 0 Å². The molecule has 0 radical (unpaired) electrons. The predicted octanol–water partition coefficient (Wildman–Crippen LogP) is 3.88. The molecule has 1 N–H and O–H groups in total. The van der Waals surface area contributed by atoms with Gasteiger partial charge in [0.05, 0.1) is 11.9 Å². The Labute approximate surface area is 131 Å². The molecule has 1 aliphatic carbocycles. The van der Waals surface area contributed by atoms with Gasteiger partial charge in [0.1, 0.15) is 22.0 Å². The molecule has 4 rings (SSSR count). The van der Waals surface area contributed by atoms with Crippen molar-refractivity contribution in [1.29, 1.82) is 0 Å². The SMILES string of the molecule is CC1CCc2c(sc3ncnc(NCc4nccs4)c23)C1. The molecule has 21 heavy (non-hydrogen) atoms. The second kappa shape index (κ2) is 5.35. The third kappa shape index (κ3) is 2.42. The third-order valence-electron chi connectivity index (χ3n) is 3.98. The van der Waals surface area contributed by atoms with E-state index in [0.717, 1.165) is 34.5 Å². The van der Waals surface area contributed by atoms with Crippen molar-refractivity contribution in [2.24, 2.45) is 5.92 Å². The number of anilines is 1. The van der Waals surface area contributed by atoms with Crippen LogP contribution in [0.2, 0.25) is 0 Å². The fourth-order valence-corrected chi connectivity index (χ4v) is 4.82. The van der Waals surface area contributed by atoms with Gasteiger partial charge in [0, 0.05) is 16.5 Å². The van der Waals surface area contributed by atoms with Gasteiger partial charge >= 0.3 is 0 Å². The van der Waals surface area contributed by atoms with Gasteiger partial charge in [-0.3, -0.25) is 0 Å². The van der Waals surface area contributed by atoms with Crippen LogP contribution in [0.1, 0.15) is 28.8 Å². The predicted molar refractivity (Wildman–Crippen MR) is 88.0 cm³/mol. The first-order valence-electron chi connectivity index (χ1n) is 7.18. The van der Waals surface area contributed by atoms with Gasteiger partial charge in [0.25, 0.3) is 0 Å². The second-order valence-electron chi connectivity index (χ2n) is 5.53. The van der Waals surface area contributed by atoms with E-state index in [4.69, 9.17) is 0 Å². The van der Waals surface area contributed by atoms with E-state index in [9.17, 15) is 0 Å². The third-order valence-corrected chi connectivity index (χ3v) is 5.92. The first-order chi connectivity index (χ1) is 10.3. The molecule has 0 spiro atoms. The van der Waals surface area contributed by atoms with Crippen LogP contribution in [0.3, 0.4) is 0 Å². The largest absolute Gasteiger partial charge is 0.363 e. The molecular weight excluding hydrogens is 300 g/mol. The summed E-state index contributed by atoms with van der Waals surface area (Å²) in [5.41, 5.74) is 1.47. The van der Waals surface area contributed by atoms with E-state index in [2.05, 4.69) is 27.2 Å². The summed E-state index contributed by atoms with van der Waals surface area (Å²) < 4.78 is 0. The van der Waals surface area contributed by atoms with Gasteiger partial charge in [0.2, 0.25) is 0 Å². The lowest BCUT2D eigenvalue weighted by atomic mass is 9.89. The normalized spacial score (nSPS) is 17.9. The Balaban J connectivity index is 1.72. The van der Waals surface area contributed by atoms with Crippen LogP contribution in [0.25, 0.3) is 10.2 Å². The number of aromatic nitrogens is 3. The molecule has 6 heteroatoms. The van der Waals surface area contributed by atoms with Gasteiger partial charge in [-0.2, -0.15) is 0 Å². The van der Waals surface area contributed by atoms with E-state index in [1.54, 1.807) is 17.7 Å². The summed E-state index contributed by atoms with van der Waals surface area (Å²) in [4.78, 5) is 15.9. The summed E-state index contributed by atoms with van der Waals surface area (Å²) in [5.74, 6) is 1.74. The van der Waals surface area contributed by atoms with Crippen molar-refractivity contribution >= 4 is 38.7 Å². The molecule has 1 unspecified atom stereocenters. The lowest BCUT2D eigenvalue weighted by molar-refractivity contribution is 0.509. The molecule has 3 heterocycles. The zero-order chi connectivity index (χ0) is 14.2. The van der Waals surface area contributed by atoms with Crippen molar-refractivity contribution in [3.63, 3.8) is 0 Å². The molecule has 0 aliphatic heterocycles. The lowest BCUT2D eigenvalue weighted by Gasteiger charge is -2.18. The average molecular weight is 316 g/mol. The molecule has 1 aliphatic rings. The van der Waals surface area contributed by atoms with Crippen LogP contribution in [-0.4, -0.2) is 15.0 Å². The molecule has 0 bridgehead atoms. The van der Waals surface area contributed by atoms with Gasteiger partial charge in [-0.25, -0.2) is 15.0 Å². The molecule has 108 valence electrons. The number of thiophene rings is 1. The number of fused-ring (bicyclic) bond motifs is 3. The average Bonchev–Trinajstić information content (AvgIpc) is 3.11. The van der Waals surface area contributed by atoms with Gasteiger partial charge in [0.15, 0.2) is 0 Å². The zero-order valence-corrected chi connectivity index (χ0v) is 13.4. The molecule has 3 aromatic rings. The molecular formula is C15H16N4S2. The molecule has 1 atom stereocenters. The first kappa shape index (κ1) is 13.2. The van der Waals surface area contributed by atoms with Gasteiger partial charge < -0.3 is 5.32 Å². The topological polar surface area (TPSA) is 50.7 Å². The second-order valence-corrected chi connectivity index (χ2v) is 7.60. The fraction of sp³-hybridized carbons (Fsp3) is 0.400. The maximum atomic E-state index is 4.47. The highest BCUT2D eigenvalue weighted by atomic mass is 32.1. The number of aryl methyl sites for hydroxylation is 1. The molecule has 3 aromatic heterocycles. The van der Waals surface area contributed by atoms with Crippen LogP contribution >= 0.6 is 22.7 Å². The van der Waals surface area contributed by atoms with Crippen LogP contribution in [-0.2, 0) is 19.4 Å². The number of hydrogen-bond acceptors (Lipinski definition) is 6. The van der Waals surface area contributed by atoms with Crippen molar-refractivity contribution in [3.8, 4) is 0 Å². The molecule has 0 aromatic carbocycles. The van der Waals surface area contributed by atoms with E-state index >= 15 is 0 Å². The minimum atomic E-state index is 0.727. The minimum Gasteiger partial charge on any atom is -0.363 e. The summed E-state index contributed by atoms with van der Waals surface area (Å²) in [6.45, 7) is 3.06. The Bertz CT molecular complexity index is 763. The zero-order valence-electron chi connectivity index (χ0n) is 11.8. The monoisotopic (exact) mass is 316 g/mol. The smallest absolute Gasteiger partial charge is 0.138 e. The van der Waals surface area contributed by atoms with Gasteiger partial charge in [-0.05, 0) is 30.7 Å². The lowest BCUT2D eigenvalue weighted by Crippen LogP contribution is -2.09. The molecule has 4 nitrogen and oxygen atoms in total. The maximum absolute atomic E-state index is 4.47. The Morgan fingerprint density at radius 3 is 3.14 bits per heavy atom. The molecule has 0 saturated heterocycles. The number of thiazole rings is 1. The van der Waals surface area contributed by atoms with Crippen molar-refractivity contribution in [2.75, 3.05) is 5.32 Å². The summed E-state index contributed by atoms with van der Waals surface area (Å²) in [6, 6.07) is 0. The number of nitrogens with one attached hydrogen (secondary N) is 1. The van der Waals surface area contributed by atoms with E-state index in [-0.39, 0.29) is 0 Å². The highest BCUT2D eigenvalue weighted by molar-refractivity contribution is 7.19. The molecule has 0 saturated carbocycles. The van der Waals surface area contributed by atoms with Crippen LogP contribution < -0.4 is 5.32 Å². The summed E-state index contributed by atoms with van der Waals surface area (Å²) in [7, 11) is 0. The van der Waals surface area contributed by atoms with E-state index in [1.165, 1.54) is 28.7 Å². The van der Waals surface area contributed by atoms with E-state index < -0.39 is 0 Å². The van der Waals surface area contributed by atoms with Gasteiger partial charge in [-0.1, -0.05) is 6.92 Å². The Morgan fingerprint density at radius 2 is 2.29 bits per heavy atom. The summed E-state index contributed by atoms with van der Waals surface area (Å²) in [6.07, 6.45) is 7.10. The molecule has 0 amide bonds. The number of hydrogen-bond donors (Lipinski definition) is 1. The first-order valence-corrected chi connectivity index (χ1v) is 8.88. The van der Waals surface area contributed by atoms with Crippen molar-refractivity contribution in [3.05, 3.63) is 33.4 Å². The quantitative estimate of drug-likeness (QED) is 0.796. The van der Waals surface area contributed by atoms with Crippen molar-refractivity contribution < 1.29 is 0 Å².